The van der Waals surface area contributed by atoms with Crippen molar-refractivity contribution in [3.63, 3.8) is 0 Å². The van der Waals surface area contributed by atoms with E-state index in [1.54, 1.807) is 0 Å². The molecule has 1 saturated carbocycles. The number of hydrogen-bond donors (Lipinski definition) is 1. The van der Waals surface area contributed by atoms with Crippen LogP contribution in [-0.4, -0.2) is 35.1 Å². The number of aromatic nitrogens is 1. The van der Waals surface area contributed by atoms with Gasteiger partial charge in [-0.3, -0.25) is 9.88 Å². The van der Waals surface area contributed by atoms with Crippen LogP contribution in [0.1, 0.15) is 50.9 Å². The highest BCUT2D eigenvalue weighted by Gasteiger charge is 2.28. The second-order valence-electron chi connectivity index (χ2n) is 5.95. The highest BCUT2D eigenvalue weighted by molar-refractivity contribution is 5.10. The summed E-state index contributed by atoms with van der Waals surface area (Å²) in [4.78, 5) is 7.24. The van der Waals surface area contributed by atoms with Crippen LogP contribution in [0, 0.1) is 6.92 Å². The van der Waals surface area contributed by atoms with Gasteiger partial charge in [-0.05, 0) is 57.8 Å². The standard InChI is InChI=1S/C17H29N3/c1-4-11-18-15-9-10-17(12-15)20(5-2)13-16-8-6-7-14(3)19-16/h6-8,15,17-18H,4-5,9-13H2,1-3H3. The maximum atomic E-state index is 4.64. The van der Waals surface area contributed by atoms with Gasteiger partial charge in [-0.25, -0.2) is 0 Å². The number of nitrogens with one attached hydrogen (secondary N) is 1. The van der Waals surface area contributed by atoms with E-state index in [2.05, 4.69) is 54.2 Å². The summed E-state index contributed by atoms with van der Waals surface area (Å²) in [7, 11) is 0. The average molecular weight is 275 g/mol. The molecule has 0 aromatic carbocycles. The van der Waals surface area contributed by atoms with E-state index >= 15 is 0 Å². The molecule has 1 aromatic heterocycles. The topological polar surface area (TPSA) is 28.2 Å². The molecule has 0 bridgehead atoms. The van der Waals surface area contributed by atoms with Gasteiger partial charge in [-0.2, -0.15) is 0 Å². The zero-order chi connectivity index (χ0) is 14.4. The molecule has 0 saturated heterocycles. The molecule has 3 nitrogen and oxygen atoms in total. The van der Waals surface area contributed by atoms with Crippen LogP contribution < -0.4 is 5.32 Å². The molecule has 0 amide bonds. The number of rotatable bonds is 7. The van der Waals surface area contributed by atoms with Crippen LogP contribution in [0.15, 0.2) is 18.2 Å². The third kappa shape index (κ3) is 4.29. The first-order chi connectivity index (χ1) is 9.72. The molecule has 0 aliphatic heterocycles. The van der Waals surface area contributed by atoms with E-state index in [0.29, 0.717) is 0 Å². The van der Waals surface area contributed by atoms with Gasteiger partial charge in [-0.15, -0.1) is 0 Å². The molecule has 1 heterocycles. The normalized spacial score (nSPS) is 22.6. The molecule has 2 atom stereocenters. The smallest absolute Gasteiger partial charge is 0.0547 e. The molecule has 2 rings (SSSR count). The van der Waals surface area contributed by atoms with Crippen molar-refractivity contribution in [3.05, 3.63) is 29.6 Å². The summed E-state index contributed by atoms with van der Waals surface area (Å²) in [6, 6.07) is 7.78. The first-order valence-electron chi connectivity index (χ1n) is 8.12. The highest BCUT2D eigenvalue weighted by atomic mass is 15.2. The summed E-state index contributed by atoms with van der Waals surface area (Å²) in [5.41, 5.74) is 2.32. The Bertz CT molecular complexity index is 405. The third-order valence-corrected chi connectivity index (χ3v) is 4.32. The fourth-order valence-electron chi connectivity index (χ4n) is 3.22. The fraction of sp³-hybridized carbons (Fsp3) is 0.706. The van der Waals surface area contributed by atoms with Crippen LogP contribution in [0.5, 0.6) is 0 Å². The van der Waals surface area contributed by atoms with Crippen LogP contribution >= 0.6 is 0 Å². The van der Waals surface area contributed by atoms with E-state index in [9.17, 15) is 0 Å². The maximum absolute atomic E-state index is 4.64. The van der Waals surface area contributed by atoms with Crippen LogP contribution in [-0.2, 0) is 6.54 Å². The van der Waals surface area contributed by atoms with Crippen molar-refractivity contribution in [1.82, 2.24) is 15.2 Å². The minimum absolute atomic E-state index is 0.719. The SMILES string of the molecule is CCCNC1CCC(N(CC)Cc2cccc(C)n2)C1. The zero-order valence-electron chi connectivity index (χ0n) is 13.2. The summed E-state index contributed by atoms with van der Waals surface area (Å²) in [6.07, 6.45) is 5.16. The van der Waals surface area contributed by atoms with Gasteiger partial charge >= 0.3 is 0 Å². The molecule has 1 aliphatic carbocycles. The lowest BCUT2D eigenvalue weighted by atomic mass is 10.2. The van der Waals surface area contributed by atoms with E-state index < -0.39 is 0 Å². The van der Waals surface area contributed by atoms with E-state index in [0.717, 1.165) is 37.4 Å². The zero-order valence-corrected chi connectivity index (χ0v) is 13.2. The van der Waals surface area contributed by atoms with Gasteiger partial charge in [0.05, 0.1) is 5.69 Å². The Balaban J connectivity index is 1.89. The number of aryl methyl sites for hydroxylation is 1. The fourth-order valence-corrected chi connectivity index (χ4v) is 3.22. The number of nitrogens with zero attached hydrogens (tertiary/aromatic N) is 2. The molecule has 0 radical (unpaired) electrons. The van der Waals surface area contributed by atoms with Crippen molar-refractivity contribution in [2.45, 2.75) is 65.1 Å². The lowest BCUT2D eigenvalue weighted by molar-refractivity contribution is 0.195. The molecular weight excluding hydrogens is 246 g/mol. The Morgan fingerprint density at radius 1 is 1.30 bits per heavy atom. The van der Waals surface area contributed by atoms with Gasteiger partial charge in [-0.1, -0.05) is 19.9 Å². The van der Waals surface area contributed by atoms with Crippen molar-refractivity contribution < 1.29 is 0 Å². The molecule has 1 aliphatic rings. The Morgan fingerprint density at radius 3 is 2.85 bits per heavy atom. The van der Waals surface area contributed by atoms with E-state index in [-0.39, 0.29) is 0 Å². The van der Waals surface area contributed by atoms with Crippen molar-refractivity contribution in [1.29, 1.82) is 0 Å². The van der Waals surface area contributed by atoms with Gasteiger partial charge in [0, 0.05) is 24.3 Å². The van der Waals surface area contributed by atoms with Crippen molar-refractivity contribution in [2.24, 2.45) is 0 Å². The minimum atomic E-state index is 0.719. The minimum Gasteiger partial charge on any atom is -0.314 e. The molecule has 1 fully saturated rings. The lowest BCUT2D eigenvalue weighted by Crippen LogP contribution is -2.35. The first kappa shape index (κ1) is 15.5. The Labute approximate surface area is 123 Å². The summed E-state index contributed by atoms with van der Waals surface area (Å²) >= 11 is 0. The molecule has 112 valence electrons. The average Bonchev–Trinajstić information content (AvgIpc) is 2.91. The monoisotopic (exact) mass is 275 g/mol. The molecule has 1 aromatic rings. The summed E-state index contributed by atoms with van der Waals surface area (Å²) in [5.74, 6) is 0. The maximum Gasteiger partial charge on any atom is 0.0547 e. The van der Waals surface area contributed by atoms with Gasteiger partial charge in [0.15, 0.2) is 0 Å². The highest BCUT2D eigenvalue weighted by Crippen LogP contribution is 2.25. The second kappa shape index (κ2) is 7.75. The molecule has 1 N–H and O–H groups in total. The van der Waals surface area contributed by atoms with Crippen molar-refractivity contribution in [2.75, 3.05) is 13.1 Å². The number of pyridine rings is 1. The van der Waals surface area contributed by atoms with Crippen LogP contribution in [0.25, 0.3) is 0 Å². The van der Waals surface area contributed by atoms with Crippen molar-refractivity contribution in [3.8, 4) is 0 Å². The molecule has 20 heavy (non-hydrogen) atoms. The summed E-state index contributed by atoms with van der Waals surface area (Å²) < 4.78 is 0. The molecular formula is C17H29N3. The van der Waals surface area contributed by atoms with Gasteiger partial charge in [0.25, 0.3) is 0 Å². The largest absolute Gasteiger partial charge is 0.314 e. The predicted octanol–water partition coefficient (Wildman–Crippen LogP) is 3.13. The van der Waals surface area contributed by atoms with Crippen LogP contribution in [0.2, 0.25) is 0 Å². The summed E-state index contributed by atoms with van der Waals surface area (Å²) in [6.45, 7) is 9.83. The molecule has 2 unspecified atom stereocenters. The Kier molecular flexibility index (Phi) is 5.99. The van der Waals surface area contributed by atoms with E-state index in [1.807, 2.05) is 0 Å². The quantitative estimate of drug-likeness (QED) is 0.828. The molecule has 3 heteroatoms. The third-order valence-electron chi connectivity index (χ3n) is 4.32. The van der Waals surface area contributed by atoms with E-state index in [4.69, 9.17) is 0 Å². The first-order valence-corrected chi connectivity index (χ1v) is 8.12. The molecule has 0 spiro atoms. The Hall–Kier alpha value is -0.930. The van der Waals surface area contributed by atoms with Gasteiger partial charge < -0.3 is 5.32 Å². The summed E-state index contributed by atoms with van der Waals surface area (Å²) in [5, 5.41) is 3.67. The van der Waals surface area contributed by atoms with E-state index in [1.165, 1.54) is 31.4 Å². The predicted molar refractivity (Wildman–Crippen MR) is 84.8 cm³/mol. The van der Waals surface area contributed by atoms with Crippen molar-refractivity contribution >= 4 is 0 Å². The number of hydrogen-bond acceptors (Lipinski definition) is 3. The second-order valence-corrected chi connectivity index (χ2v) is 5.95. The lowest BCUT2D eigenvalue weighted by Gasteiger charge is -2.27. The van der Waals surface area contributed by atoms with Crippen LogP contribution in [0.4, 0.5) is 0 Å². The Morgan fingerprint density at radius 2 is 2.15 bits per heavy atom. The van der Waals surface area contributed by atoms with Gasteiger partial charge in [0.1, 0.15) is 0 Å². The van der Waals surface area contributed by atoms with Crippen LogP contribution in [0.3, 0.4) is 0 Å². The van der Waals surface area contributed by atoms with Gasteiger partial charge in [0.2, 0.25) is 0 Å².